The first-order chi connectivity index (χ1) is 9.63. The number of nitrogens with one attached hydrogen (secondary N) is 2. The molecule has 2 heterocycles. The lowest BCUT2D eigenvalue weighted by Gasteiger charge is -2.37. The van der Waals surface area contributed by atoms with Crippen LogP contribution in [0.25, 0.3) is 0 Å². The number of hydrogen-bond donors (Lipinski definition) is 2. The molecule has 1 aliphatic heterocycles. The Labute approximate surface area is 137 Å². The molecular weight excluding hydrogens is 308 g/mol. The number of halogens is 1. The summed E-state index contributed by atoms with van der Waals surface area (Å²) in [5.41, 5.74) is 0.0982. The van der Waals surface area contributed by atoms with Crippen LogP contribution >= 0.6 is 23.7 Å². The Morgan fingerprint density at radius 1 is 1.43 bits per heavy atom. The molecule has 1 aromatic heterocycles. The Morgan fingerprint density at radius 2 is 2.14 bits per heavy atom. The summed E-state index contributed by atoms with van der Waals surface area (Å²) in [6.45, 7) is 5.50. The van der Waals surface area contributed by atoms with E-state index in [2.05, 4.69) is 23.6 Å². The highest BCUT2D eigenvalue weighted by Crippen LogP contribution is 2.28. The quantitative estimate of drug-likeness (QED) is 0.839. The fraction of sp³-hybridized carbons (Fsp3) is 0.667. The molecule has 1 aliphatic rings. The predicted molar refractivity (Wildman–Crippen MR) is 89.4 cm³/mol. The lowest BCUT2D eigenvalue weighted by Crippen LogP contribution is -2.47. The molecule has 0 radical (unpaired) electrons. The Hall–Kier alpha value is -0.620. The van der Waals surface area contributed by atoms with Gasteiger partial charge in [-0.25, -0.2) is 0 Å². The van der Waals surface area contributed by atoms with Crippen molar-refractivity contribution in [2.75, 3.05) is 33.4 Å². The van der Waals surface area contributed by atoms with Crippen LogP contribution in [0.15, 0.2) is 12.1 Å². The summed E-state index contributed by atoms with van der Waals surface area (Å²) >= 11 is 1.69. The molecule has 1 fully saturated rings. The molecule has 0 bridgehead atoms. The van der Waals surface area contributed by atoms with Crippen LogP contribution < -0.4 is 10.6 Å². The SMILES string of the molecule is COCC1(CNC(=O)Cc2ccc(C)s2)CCNCC1.Cl. The molecule has 1 aromatic rings. The molecule has 120 valence electrons. The molecular formula is C15H25ClN2O2S. The number of aryl methyl sites for hydroxylation is 1. The highest BCUT2D eigenvalue weighted by atomic mass is 35.5. The number of carbonyl (C=O) groups is 1. The van der Waals surface area contributed by atoms with E-state index in [0.29, 0.717) is 19.6 Å². The van der Waals surface area contributed by atoms with Crippen molar-refractivity contribution in [1.82, 2.24) is 10.6 Å². The van der Waals surface area contributed by atoms with Crippen LogP contribution in [0.2, 0.25) is 0 Å². The summed E-state index contributed by atoms with van der Waals surface area (Å²) in [6, 6.07) is 4.10. The summed E-state index contributed by atoms with van der Waals surface area (Å²) in [5.74, 6) is 0.112. The van der Waals surface area contributed by atoms with Crippen molar-refractivity contribution in [3.8, 4) is 0 Å². The molecule has 1 amide bonds. The second-order valence-electron chi connectivity index (χ2n) is 5.65. The minimum Gasteiger partial charge on any atom is -0.384 e. The molecule has 0 aromatic carbocycles. The van der Waals surface area contributed by atoms with Gasteiger partial charge in [-0.15, -0.1) is 23.7 Å². The Balaban J connectivity index is 0.00000220. The first kappa shape index (κ1) is 18.4. The number of methoxy groups -OCH3 is 1. The normalized spacial score (nSPS) is 17.0. The van der Waals surface area contributed by atoms with Crippen LogP contribution in [-0.4, -0.2) is 39.3 Å². The first-order valence-electron chi connectivity index (χ1n) is 7.15. The number of carbonyl (C=O) groups excluding carboxylic acids is 1. The lowest BCUT2D eigenvalue weighted by atomic mass is 9.79. The Morgan fingerprint density at radius 3 is 2.71 bits per heavy atom. The number of hydrogen-bond acceptors (Lipinski definition) is 4. The third kappa shape index (κ3) is 5.58. The maximum absolute atomic E-state index is 12.0. The third-order valence-electron chi connectivity index (χ3n) is 3.91. The minimum atomic E-state index is 0. The van der Waals surface area contributed by atoms with Gasteiger partial charge in [0.05, 0.1) is 13.0 Å². The summed E-state index contributed by atoms with van der Waals surface area (Å²) in [7, 11) is 1.74. The van der Waals surface area contributed by atoms with E-state index in [1.807, 2.05) is 6.07 Å². The molecule has 0 atom stereocenters. The maximum Gasteiger partial charge on any atom is 0.225 e. The van der Waals surface area contributed by atoms with Gasteiger partial charge >= 0.3 is 0 Å². The van der Waals surface area contributed by atoms with Gasteiger partial charge in [-0.05, 0) is 45.0 Å². The number of piperidine rings is 1. The molecule has 0 saturated carbocycles. The monoisotopic (exact) mass is 332 g/mol. The van der Waals surface area contributed by atoms with E-state index >= 15 is 0 Å². The molecule has 4 nitrogen and oxygen atoms in total. The highest BCUT2D eigenvalue weighted by molar-refractivity contribution is 7.12. The van der Waals surface area contributed by atoms with Crippen molar-refractivity contribution in [3.05, 3.63) is 21.9 Å². The molecule has 1 saturated heterocycles. The van der Waals surface area contributed by atoms with E-state index in [-0.39, 0.29) is 23.7 Å². The number of rotatable bonds is 6. The van der Waals surface area contributed by atoms with Gasteiger partial charge in [0, 0.05) is 28.8 Å². The average Bonchev–Trinajstić information content (AvgIpc) is 2.83. The summed E-state index contributed by atoms with van der Waals surface area (Å²) < 4.78 is 5.36. The van der Waals surface area contributed by atoms with Crippen molar-refractivity contribution in [2.45, 2.75) is 26.2 Å². The van der Waals surface area contributed by atoms with E-state index in [0.717, 1.165) is 30.8 Å². The van der Waals surface area contributed by atoms with Gasteiger partial charge in [-0.3, -0.25) is 4.79 Å². The van der Waals surface area contributed by atoms with E-state index < -0.39 is 0 Å². The van der Waals surface area contributed by atoms with Gasteiger partial charge in [0.25, 0.3) is 0 Å². The van der Waals surface area contributed by atoms with Crippen LogP contribution in [-0.2, 0) is 16.0 Å². The molecule has 2 rings (SSSR count). The maximum atomic E-state index is 12.0. The van der Waals surface area contributed by atoms with Gasteiger partial charge in [0.2, 0.25) is 5.91 Å². The molecule has 2 N–H and O–H groups in total. The summed E-state index contributed by atoms with van der Waals surface area (Å²) in [5, 5.41) is 6.46. The third-order valence-corrected chi connectivity index (χ3v) is 4.91. The van der Waals surface area contributed by atoms with Gasteiger partial charge in [0.1, 0.15) is 0 Å². The van der Waals surface area contributed by atoms with Crippen molar-refractivity contribution in [1.29, 1.82) is 0 Å². The largest absolute Gasteiger partial charge is 0.384 e. The van der Waals surface area contributed by atoms with Crippen LogP contribution in [0.1, 0.15) is 22.6 Å². The molecule has 21 heavy (non-hydrogen) atoms. The van der Waals surface area contributed by atoms with Gasteiger partial charge in [-0.2, -0.15) is 0 Å². The fourth-order valence-corrected chi connectivity index (χ4v) is 3.61. The molecule has 0 aliphatic carbocycles. The van der Waals surface area contributed by atoms with E-state index in [9.17, 15) is 4.79 Å². The Kier molecular flexibility index (Phi) is 7.66. The fourth-order valence-electron chi connectivity index (χ4n) is 2.72. The number of ether oxygens (including phenoxy) is 1. The zero-order valence-corrected chi connectivity index (χ0v) is 14.4. The highest BCUT2D eigenvalue weighted by Gasteiger charge is 2.32. The molecule has 0 unspecified atom stereocenters. The Bertz CT molecular complexity index is 439. The van der Waals surface area contributed by atoms with Crippen LogP contribution in [0.3, 0.4) is 0 Å². The van der Waals surface area contributed by atoms with Crippen LogP contribution in [0.5, 0.6) is 0 Å². The first-order valence-corrected chi connectivity index (χ1v) is 7.97. The average molecular weight is 333 g/mol. The smallest absolute Gasteiger partial charge is 0.225 e. The van der Waals surface area contributed by atoms with E-state index in [1.165, 1.54) is 4.88 Å². The number of thiophene rings is 1. The van der Waals surface area contributed by atoms with Gasteiger partial charge in [-0.1, -0.05) is 0 Å². The zero-order chi connectivity index (χ0) is 14.4. The summed E-state index contributed by atoms with van der Waals surface area (Å²) in [4.78, 5) is 14.4. The lowest BCUT2D eigenvalue weighted by molar-refractivity contribution is -0.121. The van der Waals surface area contributed by atoms with E-state index in [1.54, 1.807) is 18.4 Å². The van der Waals surface area contributed by atoms with Crippen LogP contribution in [0, 0.1) is 12.3 Å². The molecule has 0 spiro atoms. The topological polar surface area (TPSA) is 50.4 Å². The van der Waals surface area contributed by atoms with Crippen LogP contribution in [0.4, 0.5) is 0 Å². The van der Waals surface area contributed by atoms with Crippen molar-refractivity contribution >= 4 is 29.7 Å². The molecule has 6 heteroatoms. The van der Waals surface area contributed by atoms with Crippen molar-refractivity contribution in [2.24, 2.45) is 5.41 Å². The standard InChI is InChI=1S/C15H24N2O2S.ClH/c1-12-3-4-13(20-12)9-14(18)17-10-15(11-19-2)5-7-16-8-6-15;/h3-4,16H,5-11H2,1-2H3,(H,17,18);1H. The number of amides is 1. The second kappa shape index (κ2) is 8.73. The van der Waals surface area contributed by atoms with Crippen molar-refractivity contribution < 1.29 is 9.53 Å². The van der Waals surface area contributed by atoms with Crippen molar-refractivity contribution in [3.63, 3.8) is 0 Å². The predicted octanol–water partition coefficient (Wildman–Crippen LogP) is 2.15. The van der Waals surface area contributed by atoms with E-state index in [4.69, 9.17) is 4.74 Å². The van der Waals surface area contributed by atoms with Gasteiger partial charge < -0.3 is 15.4 Å². The second-order valence-corrected chi connectivity index (χ2v) is 7.02. The minimum absolute atomic E-state index is 0. The zero-order valence-electron chi connectivity index (χ0n) is 12.7. The summed E-state index contributed by atoms with van der Waals surface area (Å²) in [6.07, 6.45) is 2.60. The van der Waals surface area contributed by atoms with Gasteiger partial charge in [0.15, 0.2) is 0 Å².